The number of nitroso groups, excluding NO2 is 1. The Hall–Kier alpha value is -1.25. The Balaban J connectivity index is 3.29. The molecule has 1 aromatic rings. The summed E-state index contributed by atoms with van der Waals surface area (Å²) in [5, 5.41) is 2.76. The molecule has 0 spiro atoms. The van der Waals surface area contributed by atoms with Crippen molar-refractivity contribution in [2.75, 3.05) is 0 Å². The summed E-state index contributed by atoms with van der Waals surface area (Å²) < 4.78 is 13.1. The van der Waals surface area contributed by atoms with Gasteiger partial charge >= 0.3 is 0 Å². The van der Waals surface area contributed by atoms with Gasteiger partial charge in [0.2, 0.25) is 0 Å². The Bertz CT molecular complexity index is 297. The third-order valence-electron chi connectivity index (χ3n) is 1.71. The van der Waals surface area contributed by atoms with Crippen LogP contribution >= 0.6 is 0 Å². The van der Waals surface area contributed by atoms with Gasteiger partial charge in [0, 0.05) is 5.56 Å². The van der Waals surface area contributed by atoms with Crippen LogP contribution < -0.4 is 0 Å². The number of nitrogens with zero attached hydrogens (tertiary/aromatic N) is 1. The molecule has 2 nitrogen and oxygen atoms in total. The number of benzene rings is 1. The molecule has 0 amide bonds. The van der Waals surface area contributed by atoms with E-state index in [-0.39, 0.29) is 17.4 Å². The van der Waals surface area contributed by atoms with Crippen molar-refractivity contribution in [3.63, 3.8) is 0 Å². The fraction of sp³-hybridized carbons (Fsp3) is 0.333. The van der Waals surface area contributed by atoms with Crippen LogP contribution in [0.15, 0.2) is 23.4 Å². The lowest BCUT2D eigenvalue weighted by Crippen LogP contribution is -1.92. The van der Waals surface area contributed by atoms with Crippen LogP contribution in [0.3, 0.4) is 0 Å². The molecule has 3 heteroatoms. The van der Waals surface area contributed by atoms with E-state index < -0.39 is 0 Å². The largest absolute Gasteiger partial charge is 0.207 e. The third-order valence-corrected chi connectivity index (χ3v) is 1.71. The van der Waals surface area contributed by atoms with Crippen LogP contribution in [0.25, 0.3) is 0 Å². The van der Waals surface area contributed by atoms with E-state index in [1.54, 1.807) is 0 Å². The molecule has 0 aliphatic rings. The monoisotopic (exact) mass is 167 g/mol. The molecule has 0 aliphatic heterocycles. The highest BCUT2D eigenvalue weighted by molar-refractivity contribution is 5.47. The smallest absolute Gasteiger partial charge is 0.128 e. The molecule has 0 fully saturated rings. The van der Waals surface area contributed by atoms with Crippen LogP contribution in [-0.2, 0) is 0 Å². The molecule has 0 heterocycles. The van der Waals surface area contributed by atoms with E-state index in [2.05, 4.69) is 5.18 Å². The van der Waals surface area contributed by atoms with Gasteiger partial charge in [-0.1, -0.05) is 19.9 Å². The molecular formula is C9H10FNO. The fourth-order valence-electron chi connectivity index (χ4n) is 1.18. The standard InChI is InChI=1S/C9H10FNO/c1-6(2)9-7(10)4-3-5-8(9)11-12/h3-6H,1-2H3. The van der Waals surface area contributed by atoms with Gasteiger partial charge in [0.15, 0.2) is 0 Å². The summed E-state index contributed by atoms with van der Waals surface area (Å²) in [4.78, 5) is 10.3. The van der Waals surface area contributed by atoms with Gasteiger partial charge in [0.05, 0.1) is 0 Å². The van der Waals surface area contributed by atoms with Crippen molar-refractivity contribution in [2.45, 2.75) is 19.8 Å². The summed E-state index contributed by atoms with van der Waals surface area (Å²) in [6, 6.07) is 4.34. The zero-order chi connectivity index (χ0) is 9.14. The molecule has 0 unspecified atom stereocenters. The van der Waals surface area contributed by atoms with Crippen LogP contribution in [0, 0.1) is 10.7 Å². The highest BCUT2D eigenvalue weighted by Gasteiger charge is 2.11. The zero-order valence-electron chi connectivity index (χ0n) is 7.04. The van der Waals surface area contributed by atoms with E-state index in [0.717, 1.165) is 0 Å². The minimum atomic E-state index is -0.359. The van der Waals surface area contributed by atoms with Gasteiger partial charge in [-0.15, -0.1) is 4.91 Å². The molecule has 1 aromatic carbocycles. The second kappa shape index (κ2) is 3.43. The first-order chi connectivity index (χ1) is 5.66. The molecule has 0 atom stereocenters. The quantitative estimate of drug-likeness (QED) is 0.621. The van der Waals surface area contributed by atoms with Gasteiger partial charge in [-0.3, -0.25) is 0 Å². The van der Waals surface area contributed by atoms with Crippen molar-refractivity contribution in [3.05, 3.63) is 34.5 Å². The van der Waals surface area contributed by atoms with Crippen molar-refractivity contribution < 1.29 is 4.39 Å². The van der Waals surface area contributed by atoms with Crippen LogP contribution in [-0.4, -0.2) is 0 Å². The topological polar surface area (TPSA) is 29.4 Å². The fourth-order valence-corrected chi connectivity index (χ4v) is 1.18. The first kappa shape index (κ1) is 8.84. The van der Waals surface area contributed by atoms with E-state index in [0.29, 0.717) is 5.56 Å². The SMILES string of the molecule is CC(C)c1c(F)cccc1N=O. The minimum Gasteiger partial charge on any atom is -0.207 e. The Kier molecular flexibility index (Phi) is 2.53. The Morgan fingerprint density at radius 1 is 1.42 bits per heavy atom. The van der Waals surface area contributed by atoms with Crippen molar-refractivity contribution in [3.8, 4) is 0 Å². The lowest BCUT2D eigenvalue weighted by Gasteiger charge is -2.07. The summed E-state index contributed by atoms with van der Waals surface area (Å²) in [7, 11) is 0. The highest BCUT2D eigenvalue weighted by Crippen LogP contribution is 2.28. The second-order valence-electron chi connectivity index (χ2n) is 2.92. The van der Waals surface area contributed by atoms with Crippen LogP contribution in [0.1, 0.15) is 25.3 Å². The maximum absolute atomic E-state index is 13.1. The van der Waals surface area contributed by atoms with Gasteiger partial charge in [-0.05, 0) is 23.2 Å². The molecule has 0 aliphatic carbocycles. The van der Waals surface area contributed by atoms with E-state index in [1.165, 1.54) is 18.2 Å². The Labute approximate surface area is 70.4 Å². The number of rotatable bonds is 2. The van der Waals surface area contributed by atoms with Crippen molar-refractivity contribution in [2.24, 2.45) is 5.18 Å². The summed E-state index contributed by atoms with van der Waals surface area (Å²) in [6.07, 6.45) is 0. The minimum absolute atomic E-state index is 0.0149. The van der Waals surface area contributed by atoms with E-state index >= 15 is 0 Å². The van der Waals surface area contributed by atoms with Gasteiger partial charge in [0.1, 0.15) is 11.5 Å². The Morgan fingerprint density at radius 2 is 2.08 bits per heavy atom. The summed E-state index contributed by atoms with van der Waals surface area (Å²) in [5.41, 5.74) is 0.595. The van der Waals surface area contributed by atoms with E-state index in [9.17, 15) is 9.30 Å². The summed E-state index contributed by atoms with van der Waals surface area (Å²) in [6.45, 7) is 3.65. The molecule has 0 saturated carbocycles. The molecule has 0 bridgehead atoms. The molecule has 0 aromatic heterocycles. The maximum atomic E-state index is 13.1. The van der Waals surface area contributed by atoms with Gasteiger partial charge < -0.3 is 0 Å². The average Bonchev–Trinajstić information content (AvgIpc) is 2.03. The third kappa shape index (κ3) is 1.49. The molecular weight excluding hydrogens is 157 g/mol. The number of hydrogen-bond donors (Lipinski definition) is 0. The van der Waals surface area contributed by atoms with Gasteiger partial charge in [-0.25, -0.2) is 4.39 Å². The lowest BCUT2D eigenvalue weighted by molar-refractivity contribution is 0.599. The molecule has 0 radical (unpaired) electrons. The zero-order valence-corrected chi connectivity index (χ0v) is 7.04. The van der Waals surface area contributed by atoms with Crippen LogP contribution in [0.4, 0.5) is 10.1 Å². The predicted octanol–water partition coefficient (Wildman–Crippen LogP) is 3.35. The van der Waals surface area contributed by atoms with Crippen LogP contribution in [0.2, 0.25) is 0 Å². The maximum Gasteiger partial charge on any atom is 0.128 e. The molecule has 0 saturated heterocycles. The molecule has 12 heavy (non-hydrogen) atoms. The van der Waals surface area contributed by atoms with Gasteiger partial charge in [-0.2, -0.15) is 0 Å². The Morgan fingerprint density at radius 3 is 2.50 bits per heavy atom. The van der Waals surface area contributed by atoms with E-state index in [4.69, 9.17) is 0 Å². The summed E-state index contributed by atoms with van der Waals surface area (Å²) >= 11 is 0. The number of halogens is 1. The average molecular weight is 167 g/mol. The van der Waals surface area contributed by atoms with Crippen molar-refractivity contribution in [1.82, 2.24) is 0 Å². The highest BCUT2D eigenvalue weighted by atomic mass is 19.1. The molecule has 64 valence electrons. The first-order valence-electron chi connectivity index (χ1n) is 3.78. The molecule has 1 rings (SSSR count). The number of hydrogen-bond acceptors (Lipinski definition) is 2. The summed E-state index contributed by atoms with van der Waals surface area (Å²) in [5.74, 6) is -0.374. The van der Waals surface area contributed by atoms with Crippen LogP contribution in [0.5, 0.6) is 0 Å². The molecule has 0 N–H and O–H groups in total. The predicted molar refractivity (Wildman–Crippen MR) is 45.9 cm³/mol. The normalized spacial score (nSPS) is 10.3. The first-order valence-corrected chi connectivity index (χ1v) is 3.78. The second-order valence-corrected chi connectivity index (χ2v) is 2.92. The van der Waals surface area contributed by atoms with Gasteiger partial charge in [0.25, 0.3) is 0 Å². The van der Waals surface area contributed by atoms with Crippen molar-refractivity contribution in [1.29, 1.82) is 0 Å². The lowest BCUT2D eigenvalue weighted by atomic mass is 10.0. The van der Waals surface area contributed by atoms with Crippen molar-refractivity contribution >= 4 is 5.69 Å². The van der Waals surface area contributed by atoms with E-state index in [1.807, 2.05) is 13.8 Å².